The zero-order valence-electron chi connectivity index (χ0n) is 11.5. The molecule has 3 atom stereocenters. The fourth-order valence-electron chi connectivity index (χ4n) is 3.93. The average molecular weight is 258 g/mol. The molecule has 2 saturated carbocycles. The Balaban J connectivity index is 1.63. The van der Waals surface area contributed by atoms with Crippen LogP contribution in [-0.4, -0.2) is 23.9 Å². The Morgan fingerprint density at radius 3 is 2.53 bits per heavy atom. The van der Waals surface area contributed by atoms with Crippen molar-refractivity contribution in [3.05, 3.63) is 35.4 Å². The number of carbonyl (C=O) groups excluding carboxylic acids is 1. The third-order valence-electron chi connectivity index (χ3n) is 4.94. The summed E-state index contributed by atoms with van der Waals surface area (Å²) in [6.07, 6.45) is 5.68. The minimum atomic E-state index is -0.354. The van der Waals surface area contributed by atoms with E-state index in [9.17, 15) is 4.79 Å². The van der Waals surface area contributed by atoms with E-state index in [1.165, 1.54) is 31.2 Å². The standard InChI is InChI=1S/C16H22N2O/c1-18(15-9-12-4-7-14(15)8-12)10-11-2-5-13(6-3-11)16(17)19/h2-3,5-6,12,14-15H,4,7-10H2,1H3,(H2,17,19). The minimum absolute atomic E-state index is 0.354. The van der Waals surface area contributed by atoms with Gasteiger partial charge >= 0.3 is 0 Å². The maximum Gasteiger partial charge on any atom is 0.248 e. The molecule has 0 radical (unpaired) electrons. The summed E-state index contributed by atoms with van der Waals surface area (Å²) in [5, 5.41) is 0. The van der Waals surface area contributed by atoms with Gasteiger partial charge in [-0.25, -0.2) is 0 Å². The highest BCUT2D eigenvalue weighted by Crippen LogP contribution is 2.46. The molecule has 3 unspecified atom stereocenters. The van der Waals surface area contributed by atoms with Gasteiger partial charge in [0, 0.05) is 18.2 Å². The van der Waals surface area contributed by atoms with Gasteiger partial charge < -0.3 is 5.73 Å². The topological polar surface area (TPSA) is 46.3 Å². The zero-order valence-corrected chi connectivity index (χ0v) is 11.5. The molecule has 102 valence electrons. The van der Waals surface area contributed by atoms with Crippen LogP contribution in [0.2, 0.25) is 0 Å². The maximum atomic E-state index is 11.0. The molecule has 1 aromatic carbocycles. The van der Waals surface area contributed by atoms with Gasteiger partial charge in [0.1, 0.15) is 0 Å². The number of hydrogen-bond acceptors (Lipinski definition) is 2. The summed E-state index contributed by atoms with van der Waals surface area (Å²) < 4.78 is 0. The second-order valence-electron chi connectivity index (χ2n) is 6.22. The summed E-state index contributed by atoms with van der Waals surface area (Å²) in [7, 11) is 2.23. The molecule has 2 N–H and O–H groups in total. The van der Waals surface area contributed by atoms with Crippen LogP contribution in [0, 0.1) is 11.8 Å². The van der Waals surface area contributed by atoms with Crippen molar-refractivity contribution in [1.29, 1.82) is 0 Å². The van der Waals surface area contributed by atoms with Gasteiger partial charge in [0.25, 0.3) is 0 Å². The first-order valence-electron chi connectivity index (χ1n) is 7.22. The van der Waals surface area contributed by atoms with E-state index in [2.05, 4.69) is 11.9 Å². The van der Waals surface area contributed by atoms with Gasteiger partial charge in [-0.05, 0) is 55.8 Å². The zero-order chi connectivity index (χ0) is 13.4. The molecule has 0 saturated heterocycles. The molecular formula is C16H22N2O. The van der Waals surface area contributed by atoms with Crippen molar-refractivity contribution in [3.63, 3.8) is 0 Å². The van der Waals surface area contributed by atoms with E-state index in [0.29, 0.717) is 5.56 Å². The highest BCUT2D eigenvalue weighted by Gasteiger charge is 2.41. The molecule has 19 heavy (non-hydrogen) atoms. The molecule has 2 fully saturated rings. The van der Waals surface area contributed by atoms with Crippen molar-refractivity contribution < 1.29 is 4.79 Å². The van der Waals surface area contributed by atoms with Crippen LogP contribution < -0.4 is 5.73 Å². The van der Waals surface area contributed by atoms with Crippen molar-refractivity contribution >= 4 is 5.91 Å². The number of nitrogens with two attached hydrogens (primary N) is 1. The van der Waals surface area contributed by atoms with E-state index < -0.39 is 0 Å². The summed E-state index contributed by atoms with van der Waals surface area (Å²) in [4.78, 5) is 13.5. The van der Waals surface area contributed by atoms with E-state index >= 15 is 0 Å². The highest BCUT2D eigenvalue weighted by molar-refractivity contribution is 5.92. The van der Waals surface area contributed by atoms with Crippen LogP contribution in [0.3, 0.4) is 0 Å². The van der Waals surface area contributed by atoms with Crippen LogP contribution in [0.25, 0.3) is 0 Å². The molecule has 0 aromatic heterocycles. The van der Waals surface area contributed by atoms with Crippen molar-refractivity contribution in [3.8, 4) is 0 Å². The van der Waals surface area contributed by atoms with Crippen molar-refractivity contribution in [2.75, 3.05) is 7.05 Å². The molecule has 3 nitrogen and oxygen atoms in total. The number of hydrogen-bond donors (Lipinski definition) is 1. The molecule has 1 amide bonds. The van der Waals surface area contributed by atoms with E-state index in [1.807, 2.05) is 24.3 Å². The monoisotopic (exact) mass is 258 g/mol. The number of amides is 1. The van der Waals surface area contributed by atoms with Gasteiger partial charge in [-0.2, -0.15) is 0 Å². The lowest BCUT2D eigenvalue weighted by atomic mass is 9.94. The van der Waals surface area contributed by atoms with Gasteiger partial charge in [-0.3, -0.25) is 9.69 Å². The van der Waals surface area contributed by atoms with Crippen LogP contribution in [0.4, 0.5) is 0 Å². The molecule has 1 aromatic rings. The lowest BCUT2D eigenvalue weighted by Gasteiger charge is -2.31. The van der Waals surface area contributed by atoms with Crippen LogP contribution in [0.15, 0.2) is 24.3 Å². The molecule has 0 aliphatic heterocycles. The number of benzene rings is 1. The van der Waals surface area contributed by atoms with Crippen molar-refractivity contribution in [2.24, 2.45) is 17.6 Å². The van der Waals surface area contributed by atoms with Crippen LogP contribution in [0.5, 0.6) is 0 Å². The first-order chi connectivity index (χ1) is 9.13. The van der Waals surface area contributed by atoms with Crippen LogP contribution in [-0.2, 0) is 6.54 Å². The van der Waals surface area contributed by atoms with Crippen molar-refractivity contribution in [2.45, 2.75) is 38.3 Å². The van der Waals surface area contributed by atoms with Crippen LogP contribution in [0.1, 0.15) is 41.6 Å². The summed E-state index contributed by atoms with van der Waals surface area (Å²) in [6, 6.07) is 8.45. The molecule has 2 aliphatic rings. The first kappa shape index (κ1) is 12.7. The number of nitrogens with zero attached hydrogens (tertiary/aromatic N) is 1. The number of primary amides is 1. The van der Waals surface area contributed by atoms with E-state index in [1.54, 1.807) is 0 Å². The Morgan fingerprint density at radius 2 is 2.00 bits per heavy atom. The largest absolute Gasteiger partial charge is 0.366 e. The lowest BCUT2D eigenvalue weighted by molar-refractivity contribution is 0.100. The van der Waals surface area contributed by atoms with Gasteiger partial charge in [-0.15, -0.1) is 0 Å². The Bertz CT molecular complexity index is 468. The molecule has 3 heteroatoms. The summed E-state index contributed by atoms with van der Waals surface area (Å²) in [5.41, 5.74) is 7.11. The Hall–Kier alpha value is -1.35. The fraction of sp³-hybridized carbons (Fsp3) is 0.562. The van der Waals surface area contributed by atoms with Gasteiger partial charge in [0.15, 0.2) is 0 Å². The Labute approximate surface area is 114 Å². The average Bonchev–Trinajstić information content (AvgIpc) is 3.01. The molecule has 0 heterocycles. The molecule has 2 aliphatic carbocycles. The summed E-state index contributed by atoms with van der Waals surface area (Å²) in [6.45, 7) is 0.965. The van der Waals surface area contributed by atoms with Gasteiger partial charge in [0.05, 0.1) is 0 Å². The normalized spacial score (nSPS) is 29.1. The lowest BCUT2D eigenvalue weighted by Crippen LogP contribution is -2.35. The molecule has 3 rings (SSSR count). The van der Waals surface area contributed by atoms with Crippen LogP contribution >= 0.6 is 0 Å². The molecular weight excluding hydrogens is 236 g/mol. The third kappa shape index (κ3) is 2.52. The maximum absolute atomic E-state index is 11.0. The van der Waals surface area contributed by atoms with E-state index in [0.717, 1.165) is 24.4 Å². The molecule has 2 bridgehead atoms. The van der Waals surface area contributed by atoms with Gasteiger partial charge in [-0.1, -0.05) is 18.6 Å². The minimum Gasteiger partial charge on any atom is -0.366 e. The summed E-state index contributed by atoms with van der Waals surface area (Å²) in [5.74, 6) is 1.54. The first-order valence-corrected chi connectivity index (χ1v) is 7.22. The third-order valence-corrected chi connectivity index (χ3v) is 4.94. The van der Waals surface area contributed by atoms with E-state index in [4.69, 9.17) is 5.73 Å². The highest BCUT2D eigenvalue weighted by atomic mass is 16.1. The predicted octanol–water partition coefficient (Wildman–Crippen LogP) is 2.41. The second-order valence-corrected chi connectivity index (χ2v) is 6.22. The molecule has 0 spiro atoms. The number of carbonyl (C=O) groups is 1. The van der Waals surface area contributed by atoms with E-state index in [-0.39, 0.29) is 5.91 Å². The number of rotatable bonds is 4. The predicted molar refractivity (Wildman–Crippen MR) is 75.7 cm³/mol. The number of fused-ring (bicyclic) bond motifs is 2. The van der Waals surface area contributed by atoms with Crippen molar-refractivity contribution in [1.82, 2.24) is 4.90 Å². The SMILES string of the molecule is CN(Cc1ccc(C(N)=O)cc1)C1CC2CCC1C2. The quantitative estimate of drug-likeness (QED) is 0.901. The Morgan fingerprint density at radius 1 is 1.26 bits per heavy atom. The Kier molecular flexibility index (Phi) is 3.31. The smallest absolute Gasteiger partial charge is 0.248 e. The fourth-order valence-corrected chi connectivity index (χ4v) is 3.93. The summed E-state index contributed by atoms with van der Waals surface area (Å²) >= 11 is 0. The van der Waals surface area contributed by atoms with Gasteiger partial charge in [0.2, 0.25) is 5.91 Å². The second kappa shape index (κ2) is 4.97.